The number of nitrogens with zero attached hydrogens (tertiary/aromatic N) is 2. The summed E-state index contributed by atoms with van der Waals surface area (Å²) in [6.07, 6.45) is 5.79. The molecule has 1 aliphatic rings. The second-order valence-corrected chi connectivity index (χ2v) is 4.63. The summed E-state index contributed by atoms with van der Waals surface area (Å²) in [5, 5.41) is 0. The summed E-state index contributed by atoms with van der Waals surface area (Å²) in [5.74, 6) is 0. The quantitative estimate of drug-likeness (QED) is 0.849. The number of nitrogens with two attached hydrogens (primary N) is 1. The lowest BCUT2D eigenvalue weighted by molar-refractivity contribution is 0.644. The van der Waals surface area contributed by atoms with E-state index in [0.29, 0.717) is 6.04 Å². The van der Waals surface area contributed by atoms with E-state index in [1.165, 1.54) is 24.9 Å². The van der Waals surface area contributed by atoms with Gasteiger partial charge in [0, 0.05) is 18.6 Å². The van der Waals surface area contributed by atoms with Crippen molar-refractivity contribution in [1.82, 2.24) is 4.98 Å². The Morgan fingerprint density at radius 2 is 2.38 bits per heavy atom. The van der Waals surface area contributed by atoms with E-state index in [1.54, 1.807) is 0 Å². The minimum absolute atomic E-state index is 0.0228. The zero-order valence-electron chi connectivity index (χ0n) is 10.2. The Hall–Kier alpha value is -1.09. The first-order valence-electron chi connectivity index (χ1n) is 6.20. The monoisotopic (exact) mass is 219 g/mol. The average Bonchev–Trinajstić information content (AvgIpc) is 2.77. The lowest BCUT2D eigenvalue weighted by Gasteiger charge is -2.25. The van der Waals surface area contributed by atoms with Crippen molar-refractivity contribution in [2.24, 2.45) is 5.73 Å². The van der Waals surface area contributed by atoms with Gasteiger partial charge in [0.05, 0.1) is 17.6 Å². The lowest BCUT2D eigenvalue weighted by Crippen LogP contribution is -2.28. The molecule has 1 unspecified atom stereocenters. The fourth-order valence-electron chi connectivity index (χ4n) is 2.44. The molecule has 2 N–H and O–H groups in total. The third kappa shape index (κ3) is 2.19. The molecule has 1 aliphatic heterocycles. The summed E-state index contributed by atoms with van der Waals surface area (Å²) in [4.78, 5) is 6.90. The molecule has 3 nitrogen and oxygen atoms in total. The Labute approximate surface area is 97.7 Å². The predicted octanol–water partition coefficient (Wildman–Crippen LogP) is 2.48. The highest BCUT2D eigenvalue weighted by Crippen LogP contribution is 2.26. The van der Waals surface area contributed by atoms with Crippen molar-refractivity contribution < 1.29 is 0 Å². The first-order valence-corrected chi connectivity index (χ1v) is 6.20. The maximum absolute atomic E-state index is 5.79. The summed E-state index contributed by atoms with van der Waals surface area (Å²) < 4.78 is 0. The molecule has 3 heteroatoms. The SMILES string of the molecule is CCC1CCCN1c1ccc([C@@H](C)N)nc1. The third-order valence-electron chi connectivity index (χ3n) is 3.42. The molecule has 0 bridgehead atoms. The van der Waals surface area contributed by atoms with Crippen molar-refractivity contribution in [3.05, 3.63) is 24.0 Å². The van der Waals surface area contributed by atoms with Gasteiger partial charge in [-0.2, -0.15) is 0 Å². The highest BCUT2D eigenvalue weighted by Gasteiger charge is 2.23. The Kier molecular flexibility index (Phi) is 3.44. The third-order valence-corrected chi connectivity index (χ3v) is 3.42. The van der Waals surface area contributed by atoms with Gasteiger partial charge in [0.25, 0.3) is 0 Å². The highest BCUT2D eigenvalue weighted by atomic mass is 15.2. The molecule has 1 aromatic heterocycles. The van der Waals surface area contributed by atoms with Gasteiger partial charge in [-0.05, 0) is 38.3 Å². The second-order valence-electron chi connectivity index (χ2n) is 4.63. The predicted molar refractivity (Wildman–Crippen MR) is 67.5 cm³/mol. The smallest absolute Gasteiger partial charge is 0.0569 e. The Morgan fingerprint density at radius 1 is 1.56 bits per heavy atom. The largest absolute Gasteiger partial charge is 0.367 e. The standard InChI is InChI=1S/C13H21N3/c1-3-11-5-4-8-16(11)12-6-7-13(10(2)14)15-9-12/h6-7,9-11H,3-5,8,14H2,1-2H3/t10-,11?/m1/s1. The summed E-state index contributed by atoms with van der Waals surface area (Å²) in [7, 11) is 0. The summed E-state index contributed by atoms with van der Waals surface area (Å²) in [6.45, 7) is 5.39. The van der Waals surface area contributed by atoms with Gasteiger partial charge in [-0.3, -0.25) is 4.98 Å². The summed E-state index contributed by atoms with van der Waals surface area (Å²) in [5.41, 5.74) is 8.01. The van der Waals surface area contributed by atoms with Crippen LogP contribution in [0.1, 0.15) is 44.8 Å². The molecule has 0 aromatic carbocycles. The van der Waals surface area contributed by atoms with E-state index in [1.807, 2.05) is 19.2 Å². The van der Waals surface area contributed by atoms with Crippen molar-refractivity contribution >= 4 is 5.69 Å². The van der Waals surface area contributed by atoms with Gasteiger partial charge in [0.2, 0.25) is 0 Å². The van der Waals surface area contributed by atoms with Crippen LogP contribution in [-0.4, -0.2) is 17.6 Å². The van der Waals surface area contributed by atoms with Crippen LogP contribution in [0.4, 0.5) is 5.69 Å². The molecular weight excluding hydrogens is 198 g/mol. The number of aromatic nitrogens is 1. The second kappa shape index (κ2) is 4.83. The summed E-state index contributed by atoms with van der Waals surface area (Å²) >= 11 is 0. The van der Waals surface area contributed by atoms with Crippen molar-refractivity contribution in [2.75, 3.05) is 11.4 Å². The number of hydrogen-bond acceptors (Lipinski definition) is 3. The van der Waals surface area contributed by atoms with Crippen LogP contribution in [-0.2, 0) is 0 Å². The van der Waals surface area contributed by atoms with Crippen LogP contribution in [0.25, 0.3) is 0 Å². The topological polar surface area (TPSA) is 42.1 Å². The number of pyridine rings is 1. The fraction of sp³-hybridized carbons (Fsp3) is 0.615. The van der Waals surface area contributed by atoms with Crippen LogP contribution in [0.2, 0.25) is 0 Å². The molecule has 88 valence electrons. The molecule has 16 heavy (non-hydrogen) atoms. The molecule has 1 fully saturated rings. The first kappa shape index (κ1) is 11.4. The van der Waals surface area contributed by atoms with E-state index in [9.17, 15) is 0 Å². The van der Waals surface area contributed by atoms with Crippen LogP contribution < -0.4 is 10.6 Å². The molecule has 0 aliphatic carbocycles. The van der Waals surface area contributed by atoms with Gasteiger partial charge in [-0.15, -0.1) is 0 Å². The van der Waals surface area contributed by atoms with E-state index < -0.39 is 0 Å². The lowest BCUT2D eigenvalue weighted by atomic mass is 10.1. The first-order chi connectivity index (χ1) is 7.72. The van der Waals surface area contributed by atoms with Gasteiger partial charge in [-0.1, -0.05) is 6.92 Å². The Morgan fingerprint density at radius 3 is 2.94 bits per heavy atom. The van der Waals surface area contributed by atoms with E-state index in [4.69, 9.17) is 5.73 Å². The van der Waals surface area contributed by atoms with Gasteiger partial charge in [0.15, 0.2) is 0 Å². The molecule has 2 rings (SSSR count). The maximum atomic E-state index is 5.79. The Bertz CT molecular complexity index is 332. The molecule has 2 atom stereocenters. The molecule has 0 radical (unpaired) electrons. The van der Waals surface area contributed by atoms with Crippen LogP contribution in [0.3, 0.4) is 0 Å². The highest BCUT2D eigenvalue weighted by molar-refractivity contribution is 5.46. The summed E-state index contributed by atoms with van der Waals surface area (Å²) in [6, 6.07) is 4.92. The number of anilines is 1. The Balaban J connectivity index is 2.15. The van der Waals surface area contributed by atoms with Gasteiger partial charge >= 0.3 is 0 Å². The molecular formula is C13H21N3. The van der Waals surface area contributed by atoms with Crippen LogP contribution in [0.15, 0.2) is 18.3 Å². The molecule has 0 saturated carbocycles. The van der Waals surface area contributed by atoms with Crippen LogP contribution in [0.5, 0.6) is 0 Å². The van der Waals surface area contributed by atoms with Crippen molar-refractivity contribution in [1.29, 1.82) is 0 Å². The van der Waals surface area contributed by atoms with Crippen molar-refractivity contribution in [2.45, 2.75) is 45.2 Å². The zero-order valence-corrected chi connectivity index (χ0v) is 10.2. The van der Waals surface area contributed by atoms with E-state index in [0.717, 1.165) is 12.2 Å². The van der Waals surface area contributed by atoms with Crippen LogP contribution >= 0.6 is 0 Å². The molecule has 1 saturated heterocycles. The van der Waals surface area contributed by atoms with E-state index >= 15 is 0 Å². The van der Waals surface area contributed by atoms with Crippen molar-refractivity contribution in [3.63, 3.8) is 0 Å². The number of hydrogen-bond donors (Lipinski definition) is 1. The average molecular weight is 219 g/mol. The van der Waals surface area contributed by atoms with Gasteiger partial charge in [0.1, 0.15) is 0 Å². The minimum atomic E-state index is 0.0228. The van der Waals surface area contributed by atoms with Crippen molar-refractivity contribution in [3.8, 4) is 0 Å². The van der Waals surface area contributed by atoms with Gasteiger partial charge in [-0.25, -0.2) is 0 Å². The maximum Gasteiger partial charge on any atom is 0.0569 e. The minimum Gasteiger partial charge on any atom is -0.367 e. The molecule has 2 heterocycles. The molecule has 1 aromatic rings. The zero-order chi connectivity index (χ0) is 11.5. The van der Waals surface area contributed by atoms with Crippen LogP contribution in [0, 0.1) is 0 Å². The van der Waals surface area contributed by atoms with Gasteiger partial charge < -0.3 is 10.6 Å². The number of rotatable bonds is 3. The molecule has 0 amide bonds. The normalized spacial score (nSPS) is 22.4. The van der Waals surface area contributed by atoms with E-state index in [-0.39, 0.29) is 6.04 Å². The fourth-order valence-corrected chi connectivity index (χ4v) is 2.44. The van der Waals surface area contributed by atoms with E-state index in [2.05, 4.69) is 22.9 Å². The molecule has 0 spiro atoms.